The summed E-state index contributed by atoms with van der Waals surface area (Å²) in [6, 6.07) is 14.0. The largest absolute Gasteiger partial charge is 0.494 e. The minimum Gasteiger partial charge on any atom is -0.494 e. The summed E-state index contributed by atoms with van der Waals surface area (Å²) in [5.41, 5.74) is 3.28. The van der Waals surface area contributed by atoms with Crippen LogP contribution in [-0.2, 0) is 0 Å². The van der Waals surface area contributed by atoms with Gasteiger partial charge < -0.3 is 29.2 Å². The summed E-state index contributed by atoms with van der Waals surface area (Å²) in [5, 5.41) is 3.92. The van der Waals surface area contributed by atoms with Gasteiger partial charge in [-0.1, -0.05) is 30.4 Å². The van der Waals surface area contributed by atoms with Crippen molar-refractivity contribution in [2.24, 2.45) is 0 Å². The van der Waals surface area contributed by atoms with E-state index in [2.05, 4.69) is 10.3 Å². The van der Waals surface area contributed by atoms with Crippen molar-refractivity contribution in [2.45, 2.75) is 0 Å². The zero-order valence-electron chi connectivity index (χ0n) is 20.9. The molecule has 0 spiro atoms. The van der Waals surface area contributed by atoms with Gasteiger partial charge in [-0.15, -0.1) is 0 Å². The van der Waals surface area contributed by atoms with Crippen molar-refractivity contribution in [2.75, 3.05) is 33.8 Å². The highest BCUT2D eigenvalue weighted by Crippen LogP contribution is 2.39. The summed E-state index contributed by atoms with van der Waals surface area (Å²) >= 11 is 0. The molecule has 0 saturated carbocycles. The Morgan fingerprint density at radius 2 is 1.59 bits per heavy atom. The first kappa shape index (κ1) is 25.4. The van der Waals surface area contributed by atoms with Crippen molar-refractivity contribution in [1.29, 1.82) is 0 Å². The van der Waals surface area contributed by atoms with Crippen LogP contribution < -0.4 is 24.3 Å². The molecule has 37 heavy (non-hydrogen) atoms. The lowest BCUT2D eigenvalue weighted by molar-refractivity contribution is 0.104. The lowest BCUT2D eigenvalue weighted by atomic mass is 10.1. The Hall–Kier alpha value is -4.72. The second-order valence-electron chi connectivity index (χ2n) is 7.96. The molecule has 0 radical (unpaired) electrons. The van der Waals surface area contributed by atoms with Crippen LogP contribution in [0.2, 0.25) is 0 Å². The highest BCUT2D eigenvalue weighted by atomic mass is 19.1. The topological polar surface area (TPSA) is 81.8 Å². The Morgan fingerprint density at radius 1 is 0.892 bits per heavy atom. The van der Waals surface area contributed by atoms with Crippen LogP contribution in [0.4, 0.5) is 10.1 Å². The minimum atomic E-state index is -0.517. The molecule has 0 fully saturated rings. The predicted molar refractivity (Wildman–Crippen MR) is 143 cm³/mol. The van der Waals surface area contributed by atoms with Gasteiger partial charge in [-0.05, 0) is 29.8 Å². The molecule has 1 aromatic heterocycles. The summed E-state index contributed by atoms with van der Waals surface area (Å²) in [6.07, 6.45) is 8.16. The van der Waals surface area contributed by atoms with Gasteiger partial charge in [0, 0.05) is 52.3 Å². The Bertz CT molecular complexity index is 1460. The number of rotatable bonds is 10. The number of aromatic nitrogens is 1. The number of carbonyl (C=O) groups excluding carboxylic acids is 1. The summed E-state index contributed by atoms with van der Waals surface area (Å²) in [5.74, 6) is 0.859. The fourth-order valence-corrected chi connectivity index (χ4v) is 3.94. The first-order valence-corrected chi connectivity index (χ1v) is 11.4. The summed E-state index contributed by atoms with van der Waals surface area (Å²) in [6.45, 7) is 0. The third-order valence-electron chi connectivity index (χ3n) is 5.79. The number of ether oxygens (including phenoxy) is 4. The highest BCUT2D eigenvalue weighted by Gasteiger charge is 2.13. The number of aromatic amines is 1. The lowest BCUT2D eigenvalue weighted by Crippen LogP contribution is -1.98. The molecule has 1 heterocycles. The number of hydrogen-bond acceptors (Lipinski definition) is 6. The number of fused-ring (bicyclic) bond motifs is 1. The van der Waals surface area contributed by atoms with Crippen LogP contribution in [0, 0.1) is 5.82 Å². The molecule has 0 bridgehead atoms. The Kier molecular flexibility index (Phi) is 7.78. The molecule has 190 valence electrons. The van der Waals surface area contributed by atoms with Gasteiger partial charge in [-0.25, -0.2) is 4.39 Å². The number of carbonyl (C=O) groups is 1. The molecule has 0 atom stereocenters. The van der Waals surface area contributed by atoms with Gasteiger partial charge in [-0.2, -0.15) is 0 Å². The zero-order valence-corrected chi connectivity index (χ0v) is 20.9. The zero-order chi connectivity index (χ0) is 26.4. The fraction of sp³-hybridized carbons (Fsp3) is 0.138. The van der Waals surface area contributed by atoms with Crippen LogP contribution in [-0.4, -0.2) is 39.2 Å². The summed E-state index contributed by atoms with van der Waals surface area (Å²) in [4.78, 5) is 15.9. The van der Waals surface area contributed by atoms with E-state index in [1.54, 1.807) is 30.5 Å². The smallest absolute Gasteiger partial charge is 0.203 e. The van der Waals surface area contributed by atoms with Crippen molar-refractivity contribution in [3.05, 3.63) is 89.5 Å². The number of anilines is 1. The maximum absolute atomic E-state index is 14.6. The normalized spacial score (nSPS) is 11.3. The van der Waals surface area contributed by atoms with Crippen molar-refractivity contribution in [3.63, 3.8) is 0 Å². The first-order valence-electron chi connectivity index (χ1n) is 11.4. The number of para-hydroxylation sites is 1. The van der Waals surface area contributed by atoms with E-state index < -0.39 is 5.82 Å². The summed E-state index contributed by atoms with van der Waals surface area (Å²) < 4.78 is 35.9. The Labute approximate surface area is 214 Å². The SMILES string of the molecule is COc1cc(N/C=C\C(=O)c2c[nH]c3ccccc23)c(/C=C/c2cc(OC)c(OC)c(OC)c2)cc1F. The maximum atomic E-state index is 14.6. The third-order valence-corrected chi connectivity index (χ3v) is 5.79. The van der Waals surface area contributed by atoms with Crippen molar-refractivity contribution >= 4 is 34.5 Å². The van der Waals surface area contributed by atoms with Gasteiger partial charge in [0.25, 0.3) is 0 Å². The van der Waals surface area contributed by atoms with E-state index in [4.69, 9.17) is 18.9 Å². The van der Waals surface area contributed by atoms with Gasteiger partial charge in [0.05, 0.1) is 28.4 Å². The van der Waals surface area contributed by atoms with Crippen molar-refractivity contribution in [1.82, 2.24) is 4.98 Å². The van der Waals surface area contributed by atoms with Gasteiger partial charge >= 0.3 is 0 Å². The van der Waals surface area contributed by atoms with E-state index in [1.165, 1.54) is 52.8 Å². The van der Waals surface area contributed by atoms with E-state index >= 15 is 0 Å². The van der Waals surface area contributed by atoms with Crippen LogP contribution in [0.3, 0.4) is 0 Å². The van der Waals surface area contributed by atoms with Crippen molar-refractivity contribution in [3.8, 4) is 23.0 Å². The number of benzene rings is 3. The van der Waals surface area contributed by atoms with E-state index in [1.807, 2.05) is 24.3 Å². The van der Waals surface area contributed by atoms with Crippen LogP contribution in [0.25, 0.3) is 23.1 Å². The van der Waals surface area contributed by atoms with E-state index in [-0.39, 0.29) is 11.5 Å². The number of hydrogen-bond donors (Lipinski definition) is 2. The van der Waals surface area contributed by atoms with Gasteiger partial charge in [0.15, 0.2) is 28.8 Å². The van der Waals surface area contributed by atoms with Gasteiger partial charge in [0.1, 0.15) is 0 Å². The summed E-state index contributed by atoms with van der Waals surface area (Å²) in [7, 11) is 6.00. The molecule has 7 nitrogen and oxygen atoms in total. The van der Waals surface area contributed by atoms with Crippen LogP contribution >= 0.6 is 0 Å². The lowest BCUT2D eigenvalue weighted by Gasteiger charge is -2.13. The molecule has 0 amide bonds. The molecule has 4 aromatic rings. The van der Waals surface area contributed by atoms with Crippen molar-refractivity contribution < 1.29 is 28.1 Å². The fourth-order valence-electron chi connectivity index (χ4n) is 3.94. The molecule has 0 aliphatic heterocycles. The van der Waals surface area contributed by atoms with Crippen LogP contribution in [0.1, 0.15) is 21.5 Å². The second-order valence-corrected chi connectivity index (χ2v) is 7.96. The number of ketones is 1. The molecule has 0 unspecified atom stereocenters. The number of allylic oxidation sites excluding steroid dienone is 1. The minimum absolute atomic E-state index is 0.0730. The van der Waals surface area contributed by atoms with Crippen LogP contribution in [0.5, 0.6) is 23.0 Å². The number of methoxy groups -OCH3 is 4. The quantitative estimate of drug-likeness (QED) is 0.150. The van der Waals surface area contributed by atoms with E-state index in [0.717, 1.165) is 16.5 Å². The predicted octanol–water partition coefficient (Wildman–Crippen LogP) is 6.32. The Balaban J connectivity index is 1.62. The Morgan fingerprint density at radius 3 is 2.27 bits per heavy atom. The molecule has 3 aromatic carbocycles. The highest BCUT2D eigenvalue weighted by molar-refractivity contribution is 6.13. The average molecular weight is 503 g/mol. The monoisotopic (exact) mass is 502 g/mol. The van der Waals surface area contributed by atoms with E-state index in [0.29, 0.717) is 34.1 Å². The molecule has 2 N–H and O–H groups in total. The third kappa shape index (κ3) is 5.43. The molecule has 4 rings (SSSR count). The average Bonchev–Trinajstić information content (AvgIpc) is 3.36. The molecule has 0 aliphatic carbocycles. The maximum Gasteiger partial charge on any atom is 0.203 e. The van der Waals surface area contributed by atoms with Crippen LogP contribution in [0.15, 0.2) is 67.0 Å². The molecular weight excluding hydrogens is 475 g/mol. The molecule has 0 saturated heterocycles. The van der Waals surface area contributed by atoms with Gasteiger partial charge in [0.2, 0.25) is 5.75 Å². The number of halogens is 1. The molecule has 8 heteroatoms. The molecule has 0 aliphatic rings. The standard InChI is InChI=1S/C29H27FN2O5/c1-34-26-16-24(31-12-11-25(33)21-17-32-23-8-6-5-7-20(21)23)19(15-22(26)30)10-9-18-13-27(35-2)29(37-4)28(14-18)36-3/h5-17,31-32H,1-4H3/b10-9+,12-11-. The molecular formula is C29H27FN2O5. The van der Waals surface area contributed by atoms with E-state index in [9.17, 15) is 9.18 Å². The number of H-pyrrole nitrogens is 1. The number of nitrogens with one attached hydrogen (secondary N) is 2. The second kappa shape index (κ2) is 11.3. The first-order chi connectivity index (χ1) is 18.0. The van der Waals surface area contributed by atoms with Gasteiger partial charge in [-0.3, -0.25) is 4.79 Å².